The highest BCUT2D eigenvalue weighted by atomic mass is 32.2. The van der Waals surface area contributed by atoms with E-state index in [4.69, 9.17) is 4.74 Å². The number of esters is 1. The number of rotatable bonds is 10. The van der Waals surface area contributed by atoms with E-state index in [2.05, 4.69) is 6.58 Å². The van der Waals surface area contributed by atoms with Gasteiger partial charge in [-0.3, -0.25) is 14.4 Å². The topological polar surface area (TPSA) is 87.2 Å². The van der Waals surface area contributed by atoms with Crippen LogP contribution in [0.25, 0.3) is 0 Å². The summed E-state index contributed by atoms with van der Waals surface area (Å²) < 4.78 is 4.67. The van der Waals surface area contributed by atoms with Gasteiger partial charge in [0.1, 0.15) is 6.04 Å². The van der Waals surface area contributed by atoms with Crippen molar-refractivity contribution in [3.8, 4) is 0 Å². The van der Waals surface area contributed by atoms with Gasteiger partial charge in [-0.1, -0.05) is 43.3 Å². The van der Waals surface area contributed by atoms with Crippen molar-refractivity contribution in [2.45, 2.75) is 61.7 Å². The zero-order valence-corrected chi connectivity index (χ0v) is 20.7. The lowest BCUT2D eigenvalue weighted by Crippen LogP contribution is -2.57. The molecule has 1 spiro atoms. The van der Waals surface area contributed by atoms with E-state index in [-0.39, 0.29) is 36.2 Å². The van der Waals surface area contributed by atoms with E-state index in [9.17, 15) is 19.5 Å². The van der Waals surface area contributed by atoms with Crippen LogP contribution in [0, 0.1) is 11.8 Å². The third-order valence-corrected chi connectivity index (χ3v) is 9.44. The van der Waals surface area contributed by atoms with Crippen molar-refractivity contribution in [2.75, 3.05) is 19.8 Å². The van der Waals surface area contributed by atoms with Gasteiger partial charge < -0.3 is 19.6 Å². The van der Waals surface area contributed by atoms with Crippen LogP contribution in [0.4, 0.5) is 0 Å². The minimum atomic E-state index is -0.736. The molecule has 2 unspecified atom stereocenters. The summed E-state index contributed by atoms with van der Waals surface area (Å²) in [6, 6.07) is 8.52. The Labute approximate surface area is 205 Å². The van der Waals surface area contributed by atoms with Crippen LogP contribution in [0.3, 0.4) is 0 Å². The number of thioether (sulfide) groups is 1. The quantitative estimate of drug-likeness (QED) is 0.404. The minimum absolute atomic E-state index is 0.0263. The van der Waals surface area contributed by atoms with Crippen LogP contribution in [-0.2, 0) is 25.7 Å². The van der Waals surface area contributed by atoms with Crippen LogP contribution in [0.1, 0.15) is 38.7 Å². The maximum atomic E-state index is 14.2. The SMILES string of the molecule is C=CCN(Cc1ccccc1)C(=O)C1N([C@@H](CC)CO)C(=O)[C@@H]2[C@@H](C(=O)OCC)[C@H]3CCC12S3. The predicted octanol–water partition coefficient (Wildman–Crippen LogP) is 2.63. The second-order valence-corrected chi connectivity index (χ2v) is 10.9. The molecule has 2 amide bonds. The molecule has 0 aliphatic carbocycles. The fraction of sp³-hybridized carbons (Fsp3) is 0.577. The summed E-state index contributed by atoms with van der Waals surface area (Å²) in [5.41, 5.74) is 0.990. The zero-order chi connectivity index (χ0) is 24.5. The van der Waals surface area contributed by atoms with E-state index < -0.39 is 28.7 Å². The Bertz CT molecular complexity index is 936. The first-order chi connectivity index (χ1) is 16.4. The summed E-state index contributed by atoms with van der Waals surface area (Å²) in [6.07, 6.45) is 3.68. The van der Waals surface area contributed by atoms with Crippen LogP contribution in [0.5, 0.6) is 0 Å². The van der Waals surface area contributed by atoms with Gasteiger partial charge in [-0.05, 0) is 31.7 Å². The van der Waals surface area contributed by atoms with Gasteiger partial charge in [0.25, 0.3) is 0 Å². The first-order valence-corrected chi connectivity index (χ1v) is 13.0. The number of carbonyl (C=O) groups excluding carboxylic acids is 3. The molecule has 3 aliphatic heterocycles. The van der Waals surface area contributed by atoms with Gasteiger partial charge in [0.2, 0.25) is 11.8 Å². The molecule has 2 bridgehead atoms. The molecule has 34 heavy (non-hydrogen) atoms. The minimum Gasteiger partial charge on any atom is -0.466 e. The van der Waals surface area contributed by atoms with Crippen molar-refractivity contribution in [3.63, 3.8) is 0 Å². The lowest BCUT2D eigenvalue weighted by Gasteiger charge is -2.39. The van der Waals surface area contributed by atoms with Gasteiger partial charge in [0.05, 0.1) is 35.8 Å². The normalized spacial score (nSPS) is 30.2. The van der Waals surface area contributed by atoms with Crippen LogP contribution in [-0.4, -0.2) is 74.5 Å². The molecule has 1 aromatic rings. The number of benzene rings is 1. The van der Waals surface area contributed by atoms with E-state index in [0.29, 0.717) is 25.9 Å². The molecule has 184 valence electrons. The molecule has 1 N–H and O–H groups in total. The molecule has 4 rings (SSSR count). The Balaban J connectivity index is 1.75. The highest BCUT2D eigenvalue weighted by molar-refractivity contribution is 8.02. The predicted molar refractivity (Wildman–Crippen MR) is 131 cm³/mol. The number of amides is 2. The van der Waals surface area contributed by atoms with Gasteiger partial charge in [-0.25, -0.2) is 0 Å². The number of ether oxygens (including phenoxy) is 1. The molecule has 3 heterocycles. The lowest BCUT2D eigenvalue weighted by molar-refractivity contribution is -0.154. The van der Waals surface area contributed by atoms with Gasteiger partial charge in [-0.15, -0.1) is 18.3 Å². The molecule has 0 radical (unpaired) electrons. The molecular formula is C26H34N2O5S. The summed E-state index contributed by atoms with van der Waals surface area (Å²) in [5.74, 6) is -1.86. The highest BCUT2D eigenvalue weighted by Crippen LogP contribution is 2.67. The molecule has 3 fully saturated rings. The van der Waals surface area contributed by atoms with E-state index in [0.717, 1.165) is 12.0 Å². The van der Waals surface area contributed by atoms with Gasteiger partial charge in [-0.2, -0.15) is 0 Å². The Kier molecular flexibility index (Phi) is 7.38. The fourth-order valence-electron chi connectivity index (χ4n) is 6.05. The van der Waals surface area contributed by atoms with E-state index in [1.54, 1.807) is 34.6 Å². The Morgan fingerprint density at radius 1 is 1.35 bits per heavy atom. The molecule has 1 aromatic carbocycles. The molecular weight excluding hydrogens is 452 g/mol. The molecule has 7 nitrogen and oxygen atoms in total. The Morgan fingerprint density at radius 3 is 2.71 bits per heavy atom. The number of fused-ring (bicyclic) bond motifs is 1. The maximum Gasteiger partial charge on any atom is 0.310 e. The standard InChI is InChI=1S/C26H34N2O5S/c1-4-14-27(15-17-10-8-7-9-11-17)24(31)22-26-13-12-19(34-26)20(25(32)33-6-3)21(26)23(30)28(22)18(5-2)16-29/h4,7-11,18-22,29H,1,5-6,12-16H2,2-3H3/t18-,19+,20-,21-,22?,26?/m0/s1. The number of nitrogens with zero attached hydrogens (tertiary/aromatic N) is 2. The molecule has 3 saturated heterocycles. The number of likely N-dealkylation sites (tertiary alicyclic amines) is 1. The van der Waals surface area contributed by atoms with Crippen molar-refractivity contribution < 1.29 is 24.2 Å². The summed E-state index contributed by atoms with van der Waals surface area (Å²) in [5, 5.41) is 10.1. The number of carbonyl (C=O) groups is 3. The van der Waals surface area contributed by atoms with Crippen LogP contribution >= 0.6 is 11.8 Å². The second kappa shape index (κ2) is 10.1. The first-order valence-electron chi connectivity index (χ1n) is 12.1. The largest absolute Gasteiger partial charge is 0.466 e. The van der Waals surface area contributed by atoms with E-state index in [1.165, 1.54) is 0 Å². The fourth-order valence-corrected chi connectivity index (χ4v) is 8.24. The smallest absolute Gasteiger partial charge is 0.310 e. The van der Waals surface area contributed by atoms with Gasteiger partial charge >= 0.3 is 5.97 Å². The van der Waals surface area contributed by atoms with Crippen molar-refractivity contribution in [1.29, 1.82) is 0 Å². The zero-order valence-electron chi connectivity index (χ0n) is 19.9. The highest BCUT2D eigenvalue weighted by Gasteiger charge is 2.74. The molecule has 3 aliphatic rings. The van der Waals surface area contributed by atoms with Gasteiger partial charge in [0.15, 0.2) is 0 Å². The Hall–Kier alpha value is -2.32. The van der Waals surface area contributed by atoms with Crippen LogP contribution in [0.2, 0.25) is 0 Å². The lowest BCUT2D eigenvalue weighted by atomic mass is 9.71. The second-order valence-electron chi connectivity index (χ2n) is 9.29. The van der Waals surface area contributed by atoms with Crippen molar-refractivity contribution in [2.24, 2.45) is 11.8 Å². The summed E-state index contributed by atoms with van der Waals surface area (Å²) >= 11 is 1.62. The van der Waals surface area contributed by atoms with E-state index >= 15 is 0 Å². The average molecular weight is 487 g/mol. The van der Waals surface area contributed by atoms with Crippen molar-refractivity contribution >= 4 is 29.5 Å². The van der Waals surface area contributed by atoms with Crippen molar-refractivity contribution in [1.82, 2.24) is 9.80 Å². The molecule has 0 aromatic heterocycles. The summed E-state index contributed by atoms with van der Waals surface area (Å²) in [4.78, 5) is 44.4. The van der Waals surface area contributed by atoms with Crippen LogP contribution < -0.4 is 0 Å². The van der Waals surface area contributed by atoms with Crippen LogP contribution in [0.15, 0.2) is 43.0 Å². The van der Waals surface area contributed by atoms with Gasteiger partial charge in [0, 0.05) is 18.3 Å². The van der Waals surface area contributed by atoms with Crippen molar-refractivity contribution in [3.05, 3.63) is 48.6 Å². The molecule has 0 saturated carbocycles. The third kappa shape index (κ3) is 3.94. The summed E-state index contributed by atoms with van der Waals surface area (Å²) in [6.45, 7) is 8.28. The van der Waals surface area contributed by atoms with E-state index in [1.807, 2.05) is 37.3 Å². The summed E-state index contributed by atoms with van der Waals surface area (Å²) in [7, 11) is 0. The number of hydrogen-bond donors (Lipinski definition) is 1. The average Bonchev–Trinajstić information content (AvgIpc) is 3.48. The monoisotopic (exact) mass is 486 g/mol. The molecule has 8 heteroatoms. The maximum absolute atomic E-state index is 14.2. The third-order valence-electron chi connectivity index (χ3n) is 7.48. The Morgan fingerprint density at radius 2 is 2.09 bits per heavy atom. The number of hydrogen-bond acceptors (Lipinski definition) is 6. The number of aliphatic hydroxyl groups excluding tert-OH is 1. The molecule has 6 atom stereocenters. The first kappa shape index (κ1) is 24.8. The number of aliphatic hydroxyl groups is 1.